The summed E-state index contributed by atoms with van der Waals surface area (Å²) in [7, 11) is 0. The molecule has 0 fully saturated rings. The number of carbonyl (C=O) groups is 1. The van der Waals surface area contributed by atoms with E-state index in [1.54, 1.807) is 19.1 Å². The van der Waals surface area contributed by atoms with Gasteiger partial charge in [0.05, 0.1) is 0 Å². The number of nitrogens with zero attached hydrogens (tertiary/aromatic N) is 2. The molecule has 0 aliphatic rings. The number of anilines is 3. The molecule has 2 aromatic rings. The van der Waals surface area contributed by atoms with Crippen LogP contribution in [0.4, 0.5) is 17.5 Å². The average molecular weight is 312 g/mol. The molecule has 0 spiro atoms. The normalized spacial score (nSPS) is 10.7. The van der Waals surface area contributed by atoms with Crippen LogP contribution in [0.25, 0.3) is 0 Å². The van der Waals surface area contributed by atoms with Crippen molar-refractivity contribution in [3.05, 3.63) is 41.6 Å². The van der Waals surface area contributed by atoms with Crippen LogP contribution in [0.15, 0.2) is 30.3 Å². The summed E-state index contributed by atoms with van der Waals surface area (Å²) in [5.41, 5.74) is 2.49. The number of hydrogen-bond acceptors (Lipinski definition) is 5. The minimum absolute atomic E-state index is 0.0612. The lowest BCUT2D eigenvalue weighted by atomic mass is 10.1. The maximum absolute atomic E-state index is 11.3. The van der Waals surface area contributed by atoms with Gasteiger partial charge in [-0.3, -0.25) is 4.79 Å². The fourth-order valence-corrected chi connectivity index (χ4v) is 2.12. The summed E-state index contributed by atoms with van der Waals surface area (Å²) in [6, 6.07) is 9.26. The van der Waals surface area contributed by atoms with Crippen molar-refractivity contribution in [1.29, 1.82) is 0 Å². The lowest BCUT2D eigenvalue weighted by molar-refractivity contribution is 0.101. The first-order valence-electron chi connectivity index (χ1n) is 7.91. The SMILES string of the molecule is CC(=O)c1ccc(Nc2cc(C)nc(NCCC(C)C)n2)cc1. The van der Waals surface area contributed by atoms with E-state index in [0.29, 0.717) is 17.4 Å². The van der Waals surface area contributed by atoms with Gasteiger partial charge in [-0.25, -0.2) is 4.98 Å². The van der Waals surface area contributed by atoms with Gasteiger partial charge in [0, 0.05) is 29.6 Å². The van der Waals surface area contributed by atoms with E-state index in [-0.39, 0.29) is 5.78 Å². The van der Waals surface area contributed by atoms with Crippen molar-refractivity contribution >= 4 is 23.2 Å². The van der Waals surface area contributed by atoms with Gasteiger partial charge < -0.3 is 10.6 Å². The quantitative estimate of drug-likeness (QED) is 0.750. The van der Waals surface area contributed by atoms with Gasteiger partial charge >= 0.3 is 0 Å². The van der Waals surface area contributed by atoms with E-state index in [9.17, 15) is 4.79 Å². The number of ketones is 1. The Balaban J connectivity index is 2.07. The molecular weight excluding hydrogens is 288 g/mol. The third kappa shape index (κ3) is 5.36. The van der Waals surface area contributed by atoms with Gasteiger partial charge in [0.25, 0.3) is 0 Å². The lowest BCUT2D eigenvalue weighted by Crippen LogP contribution is -2.09. The second-order valence-corrected chi connectivity index (χ2v) is 6.09. The van der Waals surface area contributed by atoms with Crippen LogP contribution in [0.3, 0.4) is 0 Å². The van der Waals surface area contributed by atoms with Gasteiger partial charge in [-0.2, -0.15) is 4.98 Å². The summed E-state index contributed by atoms with van der Waals surface area (Å²) in [5.74, 6) is 2.07. The Morgan fingerprint density at radius 1 is 1.17 bits per heavy atom. The largest absolute Gasteiger partial charge is 0.354 e. The van der Waals surface area contributed by atoms with Crippen LogP contribution in [0.1, 0.15) is 43.2 Å². The predicted molar refractivity (Wildman–Crippen MR) is 94.4 cm³/mol. The van der Waals surface area contributed by atoms with Crippen molar-refractivity contribution in [2.24, 2.45) is 5.92 Å². The highest BCUT2D eigenvalue weighted by Gasteiger charge is 2.04. The van der Waals surface area contributed by atoms with Crippen molar-refractivity contribution in [2.75, 3.05) is 17.2 Å². The van der Waals surface area contributed by atoms with Crippen LogP contribution in [0, 0.1) is 12.8 Å². The van der Waals surface area contributed by atoms with Gasteiger partial charge in [0.1, 0.15) is 5.82 Å². The Kier molecular flexibility index (Phi) is 5.68. The smallest absolute Gasteiger partial charge is 0.224 e. The number of benzene rings is 1. The molecule has 122 valence electrons. The number of hydrogen-bond donors (Lipinski definition) is 2. The van der Waals surface area contributed by atoms with Crippen LogP contribution in [-0.2, 0) is 0 Å². The highest BCUT2D eigenvalue weighted by Crippen LogP contribution is 2.17. The van der Waals surface area contributed by atoms with Gasteiger partial charge in [0.2, 0.25) is 5.95 Å². The lowest BCUT2D eigenvalue weighted by Gasteiger charge is -2.11. The number of aromatic nitrogens is 2. The summed E-state index contributed by atoms with van der Waals surface area (Å²) in [4.78, 5) is 20.2. The summed E-state index contributed by atoms with van der Waals surface area (Å²) in [6.07, 6.45) is 1.08. The maximum atomic E-state index is 11.3. The molecule has 23 heavy (non-hydrogen) atoms. The van der Waals surface area contributed by atoms with E-state index in [1.807, 2.05) is 25.1 Å². The molecule has 5 heteroatoms. The fraction of sp³-hybridized carbons (Fsp3) is 0.389. The zero-order valence-corrected chi connectivity index (χ0v) is 14.2. The second-order valence-electron chi connectivity index (χ2n) is 6.09. The van der Waals surface area contributed by atoms with Gasteiger partial charge in [-0.1, -0.05) is 13.8 Å². The van der Waals surface area contributed by atoms with Crippen LogP contribution >= 0.6 is 0 Å². The maximum Gasteiger partial charge on any atom is 0.224 e. The monoisotopic (exact) mass is 312 g/mol. The van der Waals surface area contributed by atoms with Crippen molar-refractivity contribution in [3.8, 4) is 0 Å². The minimum atomic E-state index is 0.0612. The molecular formula is C18H24N4O. The average Bonchev–Trinajstić information content (AvgIpc) is 2.46. The molecule has 0 unspecified atom stereocenters. The third-order valence-corrected chi connectivity index (χ3v) is 3.42. The topological polar surface area (TPSA) is 66.9 Å². The van der Waals surface area contributed by atoms with Crippen LogP contribution < -0.4 is 10.6 Å². The van der Waals surface area contributed by atoms with E-state index in [0.717, 1.165) is 30.2 Å². The number of aryl methyl sites for hydroxylation is 1. The molecule has 1 heterocycles. The Morgan fingerprint density at radius 2 is 1.87 bits per heavy atom. The first kappa shape index (κ1) is 16.9. The predicted octanol–water partition coefficient (Wildman–Crippen LogP) is 4.19. The van der Waals surface area contributed by atoms with Gasteiger partial charge in [-0.05, 0) is 50.5 Å². The van der Waals surface area contributed by atoms with E-state index >= 15 is 0 Å². The van der Waals surface area contributed by atoms with Gasteiger partial charge in [-0.15, -0.1) is 0 Å². The van der Waals surface area contributed by atoms with Crippen molar-refractivity contribution in [3.63, 3.8) is 0 Å². The Hall–Kier alpha value is -2.43. The standard InChI is InChI=1S/C18H24N4O/c1-12(2)9-10-19-18-20-13(3)11-17(22-18)21-16-7-5-15(6-8-16)14(4)23/h5-8,11-12H,9-10H2,1-4H3,(H2,19,20,21,22). The molecule has 0 aliphatic heterocycles. The number of Topliss-reactive ketones (excluding diaryl/α,β-unsaturated/α-hetero) is 1. The molecule has 5 nitrogen and oxygen atoms in total. The first-order chi connectivity index (χ1) is 10.9. The number of rotatable bonds is 7. The summed E-state index contributed by atoms with van der Waals surface area (Å²) >= 11 is 0. The molecule has 0 aliphatic carbocycles. The van der Waals surface area contributed by atoms with Crippen molar-refractivity contribution in [1.82, 2.24) is 9.97 Å². The van der Waals surface area contributed by atoms with Crippen LogP contribution in [0.2, 0.25) is 0 Å². The molecule has 0 saturated carbocycles. The second kappa shape index (κ2) is 7.72. The molecule has 0 amide bonds. The number of nitrogens with one attached hydrogen (secondary N) is 2. The summed E-state index contributed by atoms with van der Waals surface area (Å²) < 4.78 is 0. The summed E-state index contributed by atoms with van der Waals surface area (Å²) in [6.45, 7) is 8.74. The van der Waals surface area contributed by atoms with Crippen molar-refractivity contribution in [2.45, 2.75) is 34.1 Å². The van der Waals surface area contributed by atoms with E-state index in [1.165, 1.54) is 0 Å². The Bertz CT molecular complexity index is 665. The molecule has 1 aromatic carbocycles. The third-order valence-electron chi connectivity index (χ3n) is 3.42. The molecule has 0 bridgehead atoms. The molecule has 0 atom stereocenters. The fourth-order valence-electron chi connectivity index (χ4n) is 2.12. The summed E-state index contributed by atoms with van der Waals surface area (Å²) in [5, 5.41) is 6.51. The van der Waals surface area contributed by atoms with E-state index in [2.05, 4.69) is 34.4 Å². The molecule has 2 N–H and O–H groups in total. The first-order valence-corrected chi connectivity index (χ1v) is 7.91. The molecule has 2 rings (SSSR count). The van der Waals surface area contributed by atoms with E-state index in [4.69, 9.17) is 0 Å². The van der Waals surface area contributed by atoms with Gasteiger partial charge in [0.15, 0.2) is 5.78 Å². The number of carbonyl (C=O) groups excluding carboxylic acids is 1. The van der Waals surface area contributed by atoms with Crippen molar-refractivity contribution < 1.29 is 4.79 Å². The molecule has 0 radical (unpaired) electrons. The van der Waals surface area contributed by atoms with E-state index < -0.39 is 0 Å². The zero-order valence-electron chi connectivity index (χ0n) is 14.2. The molecule has 1 aromatic heterocycles. The molecule has 0 saturated heterocycles. The minimum Gasteiger partial charge on any atom is -0.354 e. The Labute approximate surface area is 137 Å². The highest BCUT2D eigenvalue weighted by atomic mass is 16.1. The van der Waals surface area contributed by atoms with Crippen LogP contribution in [0.5, 0.6) is 0 Å². The Morgan fingerprint density at radius 3 is 2.48 bits per heavy atom. The highest BCUT2D eigenvalue weighted by molar-refractivity contribution is 5.94. The zero-order chi connectivity index (χ0) is 16.8. The van der Waals surface area contributed by atoms with Crippen LogP contribution in [-0.4, -0.2) is 22.3 Å².